The molecular weight excluding hydrogens is 176 g/mol. The Morgan fingerprint density at radius 3 is 2.79 bits per heavy atom. The third kappa shape index (κ3) is 2.24. The van der Waals surface area contributed by atoms with Gasteiger partial charge in [0, 0.05) is 6.04 Å². The van der Waals surface area contributed by atoms with Gasteiger partial charge in [0.05, 0.1) is 12.7 Å². The molecule has 0 aliphatic heterocycles. The number of hydrogen-bond acceptors (Lipinski definition) is 3. The van der Waals surface area contributed by atoms with Crippen molar-refractivity contribution in [3.63, 3.8) is 0 Å². The number of nitrogens with two attached hydrogens (primary N) is 1. The van der Waals surface area contributed by atoms with E-state index in [9.17, 15) is 0 Å². The van der Waals surface area contributed by atoms with Gasteiger partial charge in [0.1, 0.15) is 11.8 Å². The number of para-hydroxylation sites is 1. The SMILES string of the molecule is COc1c(C#N)cccc1C[C@H](C)N. The van der Waals surface area contributed by atoms with Crippen LogP contribution >= 0.6 is 0 Å². The molecule has 1 aromatic rings. The molecule has 0 unspecified atom stereocenters. The Hall–Kier alpha value is -1.53. The van der Waals surface area contributed by atoms with Crippen molar-refractivity contribution in [1.29, 1.82) is 5.26 Å². The van der Waals surface area contributed by atoms with Crippen LogP contribution in [0.4, 0.5) is 0 Å². The summed E-state index contributed by atoms with van der Waals surface area (Å²) in [6.07, 6.45) is 0.721. The van der Waals surface area contributed by atoms with Gasteiger partial charge in [-0.2, -0.15) is 5.26 Å². The highest BCUT2D eigenvalue weighted by Gasteiger charge is 2.09. The molecule has 0 aromatic heterocycles. The largest absolute Gasteiger partial charge is 0.495 e. The van der Waals surface area contributed by atoms with Crippen LogP contribution in [0.15, 0.2) is 18.2 Å². The third-order valence-corrected chi connectivity index (χ3v) is 1.96. The molecule has 1 atom stereocenters. The van der Waals surface area contributed by atoms with Gasteiger partial charge in [-0.3, -0.25) is 0 Å². The van der Waals surface area contributed by atoms with Gasteiger partial charge in [-0.15, -0.1) is 0 Å². The molecule has 0 aliphatic rings. The van der Waals surface area contributed by atoms with Crippen LogP contribution in [0, 0.1) is 11.3 Å². The molecule has 1 aromatic carbocycles. The summed E-state index contributed by atoms with van der Waals surface area (Å²) in [5, 5.41) is 8.85. The monoisotopic (exact) mass is 190 g/mol. The summed E-state index contributed by atoms with van der Waals surface area (Å²) < 4.78 is 5.19. The van der Waals surface area contributed by atoms with Gasteiger partial charge < -0.3 is 10.5 Å². The molecule has 3 nitrogen and oxygen atoms in total. The van der Waals surface area contributed by atoms with Crippen molar-refractivity contribution in [2.24, 2.45) is 5.73 Å². The predicted molar refractivity (Wildman–Crippen MR) is 55.1 cm³/mol. The maximum Gasteiger partial charge on any atom is 0.139 e. The van der Waals surface area contributed by atoms with E-state index >= 15 is 0 Å². The minimum Gasteiger partial charge on any atom is -0.495 e. The Morgan fingerprint density at radius 2 is 2.29 bits per heavy atom. The van der Waals surface area contributed by atoms with Crippen molar-refractivity contribution >= 4 is 0 Å². The van der Waals surface area contributed by atoms with E-state index in [0.29, 0.717) is 11.3 Å². The average Bonchev–Trinajstić information content (AvgIpc) is 2.16. The highest BCUT2D eigenvalue weighted by atomic mass is 16.5. The van der Waals surface area contributed by atoms with Crippen LogP contribution in [0.3, 0.4) is 0 Å². The van der Waals surface area contributed by atoms with Gasteiger partial charge in [0.15, 0.2) is 0 Å². The maximum atomic E-state index is 8.85. The second kappa shape index (κ2) is 4.64. The van der Waals surface area contributed by atoms with Gasteiger partial charge in [-0.1, -0.05) is 12.1 Å². The van der Waals surface area contributed by atoms with Crippen LogP contribution < -0.4 is 10.5 Å². The topological polar surface area (TPSA) is 59.0 Å². The lowest BCUT2D eigenvalue weighted by molar-refractivity contribution is 0.407. The zero-order valence-electron chi connectivity index (χ0n) is 8.45. The van der Waals surface area contributed by atoms with Gasteiger partial charge in [0.2, 0.25) is 0 Å². The lowest BCUT2D eigenvalue weighted by atomic mass is 10.0. The second-order valence-electron chi connectivity index (χ2n) is 3.29. The first-order valence-corrected chi connectivity index (χ1v) is 4.50. The van der Waals surface area contributed by atoms with Gasteiger partial charge >= 0.3 is 0 Å². The number of benzene rings is 1. The predicted octanol–water partition coefficient (Wildman–Crippen LogP) is 1.46. The average molecular weight is 190 g/mol. The molecule has 0 radical (unpaired) electrons. The summed E-state index contributed by atoms with van der Waals surface area (Å²) in [7, 11) is 1.57. The Balaban J connectivity index is 3.10. The Morgan fingerprint density at radius 1 is 1.57 bits per heavy atom. The van der Waals surface area contributed by atoms with E-state index in [0.717, 1.165) is 12.0 Å². The summed E-state index contributed by atoms with van der Waals surface area (Å²) in [4.78, 5) is 0. The highest BCUT2D eigenvalue weighted by molar-refractivity contribution is 5.48. The summed E-state index contributed by atoms with van der Waals surface area (Å²) in [5.74, 6) is 0.646. The first-order chi connectivity index (χ1) is 6.69. The van der Waals surface area contributed by atoms with E-state index in [1.165, 1.54) is 0 Å². The van der Waals surface area contributed by atoms with Crippen molar-refractivity contribution < 1.29 is 4.74 Å². The van der Waals surface area contributed by atoms with Gasteiger partial charge in [-0.25, -0.2) is 0 Å². The van der Waals surface area contributed by atoms with Crippen LogP contribution in [-0.2, 0) is 6.42 Å². The molecule has 14 heavy (non-hydrogen) atoms. The molecule has 3 heteroatoms. The first kappa shape index (κ1) is 10.6. The summed E-state index contributed by atoms with van der Waals surface area (Å²) in [5.41, 5.74) is 7.25. The van der Waals surface area contributed by atoms with E-state index in [-0.39, 0.29) is 6.04 Å². The zero-order chi connectivity index (χ0) is 10.6. The fourth-order valence-electron chi connectivity index (χ4n) is 1.42. The lowest BCUT2D eigenvalue weighted by Crippen LogP contribution is -2.18. The standard InChI is InChI=1S/C11H14N2O/c1-8(13)6-9-4-3-5-10(7-12)11(9)14-2/h3-5,8H,6,13H2,1-2H3/t8-/m0/s1. The first-order valence-electron chi connectivity index (χ1n) is 4.50. The number of methoxy groups -OCH3 is 1. The number of nitrogens with zero attached hydrogens (tertiary/aromatic N) is 1. The normalized spacial score (nSPS) is 11.9. The summed E-state index contributed by atoms with van der Waals surface area (Å²) >= 11 is 0. The molecule has 2 N–H and O–H groups in total. The smallest absolute Gasteiger partial charge is 0.139 e. The Kier molecular flexibility index (Phi) is 3.49. The van der Waals surface area contributed by atoms with Crippen molar-refractivity contribution in [1.82, 2.24) is 0 Å². The van der Waals surface area contributed by atoms with Crippen molar-refractivity contribution in [3.05, 3.63) is 29.3 Å². The second-order valence-corrected chi connectivity index (χ2v) is 3.29. The Labute approximate surface area is 84.1 Å². The number of rotatable bonds is 3. The molecule has 0 fully saturated rings. The number of hydrogen-bond donors (Lipinski definition) is 1. The number of ether oxygens (including phenoxy) is 1. The molecule has 0 saturated carbocycles. The van der Waals surface area contributed by atoms with E-state index in [2.05, 4.69) is 6.07 Å². The van der Waals surface area contributed by atoms with Crippen LogP contribution in [0.5, 0.6) is 5.75 Å². The van der Waals surface area contributed by atoms with E-state index in [1.54, 1.807) is 13.2 Å². The van der Waals surface area contributed by atoms with E-state index in [1.807, 2.05) is 19.1 Å². The molecule has 0 amide bonds. The molecule has 0 saturated heterocycles. The third-order valence-electron chi connectivity index (χ3n) is 1.96. The fourth-order valence-corrected chi connectivity index (χ4v) is 1.42. The lowest BCUT2D eigenvalue weighted by Gasteiger charge is -2.11. The van der Waals surface area contributed by atoms with Crippen LogP contribution in [0.2, 0.25) is 0 Å². The van der Waals surface area contributed by atoms with Crippen molar-refractivity contribution in [3.8, 4) is 11.8 Å². The van der Waals surface area contributed by atoms with Crippen molar-refractivity contribution in [2.45, 2.75) is 19.4 Å². The molecule has 1 rings (SSSR count). The van der Waals surface area contributed by atoms with Gasteiger partial charge in [0.25, 0.3) is 0 Å². The zero-order valence-corrected chi connectivity index (χ0v) is 8.45. The molecule has 0 aliphatic carbocycles. The van der Waals surface area contributed by atoms with Crippen LogP contribution in [0.1, 0.15) is 18.1 Å². The van der Waals surface area contributed by atoms with E-state index in [4.69, 9.17) is 15.7 Å². The minimum absolute atomic E-state index is 0.0674. The van der Waals surface area contributed by atoms with E-state index < -0.39 is 0 Å². The molecule has 0 heterocycles. The minimum atomic E-state index is 0.0674. The van der Waals surface area contributed by atoms with Crippen molar-refractivity contribution in [2.75, 3.05) is 7.11 Å². The molecule has 0 spiro atoms. The fraction of sp³-hybridized carbons (Fsp3) is 0.364. The van der Waals surface area contributed by atoms with Crippen LogP contribution in [-0.4, -0.2) is 13.2 Å². The Bertz CT molecular complexity index is 353. The highest BCUT2D eigenvalue weighted by Crippen LogP contribution is 2.23. The maximum absolute atomic E-state index is 8.85. The molecular formula is C11H14N2O. The molecule has 0 bridgehead atoms. The summed E-state index contributed by atoms with van der Waals surface area (Å²) in [6.45, 7) is 1.93. The summed E-state index contributed by atoms with van der Waals surface area (Å²) in [6, 6.07) is 7.68. The number of nitriles is 1. The quantitative estimate of drug-likeness (QED) is 0.784. The molecule has 74 valence electrons. The van der Waals surface area contributed by atoms with Crippen LogP contribution in [0.25, 0.3) is 0 Å². The van der Waals surface area contributed by atoms with Gasteiger partial charge in [-0.05, 0) is 25.0 Å².